The van der Waals surface area contributed by atoms with Crippen LogP contribution in [0.1, 0.15) is 11.1 Å². The van der Waals surface area contributed by atoms with Crippen molar-refractivity contribution in [1.29, 1.82) is 0 Å². The van der Waals surface area contributed by atoms with Gasteiger partial charge in [-0.05, 0) is 36.8 Å². The normalized spacial score (nSPS) is 10.3. The molecule has 0 fully saturated rings. The summed E-state index contributed by atoms with van der Waals surface area (Å²) in [5, 5.41) is 5.63. The first-order valence-corrected chi connectivity index (χ1v) is 9.04. The lowest BCUT2D eigenvalue weighted by molar-refractivity contribution is -0.114. The summed E-state index contributed by atoms with van der Waals surface area (Å²) in [6.45, 7) is 2.49. The van der Waals surface area contributed by atoms with Crippen LogP contribution in [0.2, 0.25) is 0 Å². The van der Waals surface area contributed by atoms with E-state index in [-0.39, 0.29) is 23.3 Å². The Bertz CT molecular complexity index is 717. The van der Waals surface area contributed by atoms with Crippen molar-refractivity contribution in [3.8, 4) is 0 Å². The van der Waals surface area contributed by atoms with Crippen LogP contribution in [0.5, 0.6) is 0 Å². The summed E-state index contributed by atoms with van der Waals surface area (Å²) >= 11 is 1.28. The maximum Gasteiger partial charge on any atom is 0.234 e. The summed E-state index contributed by atoms with van der Waals surface area (Å²) in [4.78, 5) is 23.8. The topological polar surface area (TPSA) is 67.4 Å². The van der Waals surface area contributed by atoms with Gasteiger partial charge in [0.15, 0.2) is 0 Å². The summed E-state index contributed by atoms with van der Waals surface area (Å²) in [7, 11) is 1.63. The van der Waals surface area contributed by atoms with Gasteiger partial charge in [-0.25, -0.2) is 0 Å². The first-order chi connectivity index (χ1) is 12.1. The SMILES string of the molecule is COCc1cccc(NC(=O)CSCC(=O)Nc2ccc(C)cc2)c1. The van der Waals surface area contributed by atoms with E-state index < -0.39 is 0 Å². The van der Waals surface area contributed by atoms with Crippen molar-refractivity contribution in [3.05, 3.63) is 59.7 Å². The first kappa shape index (κ1) is 19.0. The summed E-state index contributed by atoms with van der Waals surface area (Å²) in [5.41, 5.74) is 3.61. The summed E-state index contributed by atoms with van der Waals surface area (Å²) < 4.78 is 5.07. The fourth-order valence-corrected chi connectivity index (χ4v) is 2.79. The van der Waals surface area contributed by atoms with Gasteiger partial charge >= 0.3 is 0 Å². The molecular weight excluding hydrogens is 336 g/mol. The van der Waals surface area contributed by atoms with Crippen LogP contribution in [0.25, 0.3) is 0 Å². The number of hydrogen-bond acceptors (Lipinski definition) is 4. The number of benzene rings is 2. The number of nitrogens with one attached hydrogen (secondary N) is 2. The Morgan fingerprint density at radius 1 is 0.960 bits per heavy atom. The van der Waals surface area contributed by atoms with Gasteiger partial charge in [-0.3, -0.25) is 9.59 Å². The number of methoxy groups -OCH3 is 1. The molecule has 0 aliphatic heterocycles. The Labute approximate surface area is 152 Å². The van der Waals surface area contributed by atoms with Gasteiger partial charge in [-0.15, -0.1) is 11.8 Å². The molecule has 0 aromatic heterocycles. The molecule has 2 N–H and O–H groups in total. The van der Waals surface area contributed by atoms with Crippen LogP contribution >= 0.6 is 11.8 Å². The molecule has 0 radical (unpaired) electrons. The lowest BCUT2D eigenvalue weighted by Crippen LogP contribution is -2.18. The number of ether oxygens (including phenoxy) is 1. The lowest BCUT2D eigenvalue weighted by Gasteiger charge is -2.08. The average Bonchev–Trinajstić information content (AvgIpc) is 2.57. The van der Waals surface area contributed by atoms with E-state index in [2.05, 4.69) is 10.6 Å². The van der Waals surface area contributed by atoms with Crippen molar-refractivity contribution in [2.45, 2.75) is 13.5 Å². The standard InChI is InChI=1S/C19H22N2O3S/c1-14-6-8-16(9-7-14)20-18(22)12-25-13-19(23)21-17-5-3-4-15(10-17)11-24-2/h3-10H,11-13H2,1-2H3,(H,20,22)(H,21,23). The van der Waals surface area contributed by atoms with E-state index in [0.29, 0.717) is 6.61 Å². The van der Waals surface area contributed by atoms with E-state index in [4.69, 9.17) is 4.74 Å². The lowest BCUT2D eigenvalue weighted by atomic mass is 10.2. The van der Waals surface area contributed by atoms with Gasteiger partial charge < -0.3 is 15.4 Å². The van der Waals surface area contributed by atoms with Crippen molar-refractivity contribution in [2.75, 3.05) is 29.2 Å². The zero-order valence-corrected chi connectivity index (χ0v) is 15.2. The molecule has 5 nitrogen and oxygen atoms in total. The van der Waals surface area contributed by atoms with E-state index in [1.165, 1.54) is 11.8 Å². The summed E-state index contributed by atoms with van der Waals surface area (Å²) in [5.74, 6) is 0.187. The third-order valence-electron chi connectivity index (χ3n) is 3.32. The highest BCUT2D eigenvalue weighted by atomic mass is 32.2. The van der Waals surface area contributed by atoms with E-state index in [0.717, 1.165) is 22.5 Å². The molecule has 2 aromatic rings. The van der Waals surface area contributed by atoms with Crippen LogP contribution in [-0.4, -0.2) is 30.4 Å². The van der Waals surface area contributed by atoms with Gasteiger partial charge in [-0.2, -0.15) is 0 Å². The second-order valence-electron chi connectivity index (χ2n) is 5.59. The zero-order valence-electron chi connectivity index (χ0n) is 14.4. The Hall–Kier alpha value is -2.31. The number of hydrogen-bond donors (Lipinski definition) is 2. The van der Waals surface area contributed by atoms with Gasteiger partial charge in [0.25, 0.3) is 0 Å². The van der Waals surface area contributed by atoms with Crippen LogP contribution in [0, 0.1) is 6.92 Å². The van der Waals surface area contributed by atoms with Crippen LogP contribution < -0.4 is 10.6 Å². The summed E-state index contributed by atoms with van der Waals surface area (Å²) in [6.07, 6.45) is 0. The molecule has 0 bridgehead atoms. The molecule has 0 saturated carbocycles. The third kappa shape index (κ3) is 6.99. The highest BCUT2D eigenvalue weighted by Crippen LogP contribution is 2.13. The molecule has 0 aliphatic carbocycles. The first-order valence-electron chi connectivity index (χ1n) is 7.89. The summed E-state index contributed by atoms with van der Waals surface area (Å²) in [6, 6.07) is 15.1. The molecule has 0 spiro atoms. The van der Waals surface area contributed by atoms with Crippen molar-refractivity contribution in [3.63, 3.8) is 0 Å². The van der Waals surface area contributed by atoms with Crippen molar-refractivity contribution in [1.82, 2.24) is 0 Å². The molecule has 0 unspecified atom stereocenters. The molecule has 0 aliphatic rings. The number of amides is 2. The van der Waals surface area contributed by atoms with E-state index in [1.54, 1.807) is 7.11 Å². The highest BCUT2D eigenvalue weighted by molar-refractivity contribution is 8.00. The Balaban J connectivity index is 1.72. The number of rotatable bonds is 8. The monoisotopic (exact) mass is 358 g/mol. The van der Waals surface area contributed by atoms with Crippen LogP contribution in [0.4, 0.5) is 11.4 Å². The van der Waals surface area contributed by atoms with Gasteiger partial charge in [0.05, 0.1) is 18.1 Å². The van der Waals surface area contributed by atoms with Crippen molar-refractivity contribution >= 4 is 35.0 Å². The number of carbonyl (C=O) groups is 2. The average molecular weight is 358 g/mol. The number of aryl methyl sites for hydroxylation is 1. The molecule has 6 heteroatoms. The molecule has 0 saturated heterocycles. The Morgan fingerprint density at radius 2 is 1.60 bits per heavy atom. The van der Waals surface area contributed by atoms with Gasteiger partial charge in [-0.1, -0.05) is 29.8 Å². The molecule has 25 heavy (non-hydrogen) atoms. The van der Waals surface area contributed by atoms with Gasteiger partial charge in [0, 0.05) is 18.5 Å². The molecule has 0 heterocycles. The van der Waals surface area contributed by atoms with Crippen molar-refractivity contribution < 1.29 is 14.3 Å². The fraction of sp³-hybridized carbons (Fsp3) is 0.263. The van der Waals surface area contributed by atoms with E-state index in [9.17, 15) is 9.59 Å². The number of carbonyl (C=O) groups excluding carboxylic acids is 2. The highest BCUT2D eigenvalue weighted by Gasteiger charge is 2.07. The number of thioether (sulfide) groups is 1. The molecule has 2 rings (SSSR count). The zero-order chi connectivity index (χ0) is 18.1. The maximum atomic E-state index is 12.0. The van der Waals surface area contributed by atoms with Crippen LogP contribution in [0.3, 0.4) is 0 Å². The second-order valence-corrected chi connectivity index (χ2v) is 6.57. The molecule has 2 amide bonds. The minimum Gasteiger partial charge on any atom is -0.380 e. The molecule has 2 aromatic carbocycles. The molecule has 0 atom stereocenters. The third-order valence-corrected chi connectivity index (χ3v) is 4.26. The second kappa shape index (κ2) is 9.86. The van der Waals surface area contributed by atoms with E-state index >= 15 is 0 Å². The molecule has 132 valence electrons. The van der Waals surface area contributed by atoms with Crippen molar-refractivity contribution in [2.24, 2.45) is 0 Å². The minimum atomic E-state index is -0.136. The Kier molecular flexibility index (Phi) is 7.50. The number of anilines is 2. The fourth-order valence-electron chi connectivity index (χ4n) is 2.17. The largest absolute Gasteiger partial charge is 0.380 e. The molecular formula is C19H22N2O3S. The van der Waals surface area contributed by atoms with Gasteiger partial charge in [0.1, 0.15) is 0 Å². The van der Waals surface area contributed by atoms with E-state index in [1.807, 2.05) is 55.5 Å². The smallest absolute Gasteiger partial charge is 0.234 e. The maximum absolute atomic E-state index is 12.0. The quantitative estimate of drug-likeness (QED) is 0.758. The minimum absolute atomic E-state index is 0.122. The van der Waals surface area contributed by atoms with Crippen LogP contribution in [0.15, 0.2) is 48.5 Å². The predicted octanol–water partition coefficient (Wildman–Crippen LogP) is 3.45. The predicted molar refractivity (Wildman–Crippen MR) is 103 cm³/mol. The van der Waals surface area contributed by atoms with Gasteiger partial charge in [0.2, 0.25) is 11.8 Å². The van der Waals surface area contributed by atoms with Crippen LogP contribution in [-0.2, 0) is 20.9 Å². The Morgan fingerprint density at radius 3 is 2.24 bits per heavy atom.